The molecule has 0 aromatic carbocycles. The molecule has 0 bridgehead atoms. The molecule has 0 spiro atoms. The number of rotatable bonds is 5. The van der Waals surface area contributed by atoms with E-state index in [2.05, 4.69) is 20.8 Å². The molecule has 1 heterocycles. The van der Waals surface area contributed by atoms with Crippen LogP contribution in [0.1, 0.15) is 49.7 Å². The van der Waals surface area contributed by atoms with Crippen molar-refractivity contribution in [2.24, 2.45) is 0 Å². The van der Waals surface area contributed by atoms with E-state index in [4.69, 9.17) is 4.52 Å². The van der Waals surface area contributed by atoms with Gasteiger partial charge < -0.3 is 15.2 Å². The summed E-state index contributed by atoms with van der Waals surface area (Å²) in [6.07, 6.45) is 4.51. The number of hydrogen-bond acceptors (Lipinski definition) is 5. The molecule has 0 radical (unpaired) electrons. The van der Waals surface area contributed by atoms with Gasteiger partial charge >= 0.3 is 0 Å². The van der Waals surface area contributed by atoms with Gasteiger partial charge in [0.25, 0.3) is 0 Å². The van der Waals surface area contributed by atoms with Crippen molar-refractivity contribution < 1.29 is 9.32 Å². The third kappa shape index (κ3) is 4.76. The third-order valence-corrected chi connectivity index (χ3v) is 3.59. The molecule has 0 unspecified atom stereocenters. The second kappa shape index (κ2) is 8.21. The summed E-state index contributed by atoms with van der Waals surface area (Å²) < 4.78 is 5.22. The van der Waals surface area contributed by atoms with Gasteiger partial charge in [0, 0.05) is 24.9 Å². The largest absolute Gasteiger partial charge is 0.353 e. The Kier molecular flexibility index (Phi) is 6.95. The topological polar surface area (TPSA) is 80.0 Å². The number of carbonyl (C=O) groups is 1. The zero-order chi connectivity index (χ0) is 13.7. The maximum atomic E-state index is 11.6. The number of hydrogen-bond donors (Lipinski definition) is 2. The Hall–Kier alpha value is -1.14. The number of halogens is 1. The second-order valence-electron chi connectivity index (χ2n) is 5.15. The highest BCUT2D eigenvalue weighted by Crippen LogP contribution is 2.31. The van der Waals surface area contributed by atoms with E-state index in [-0.39, 0.29) is 18.3 Å². The third-order valence-electron chi connectivity index (χ3n) is 3.59. The lowest BCUT2D eigenvalue weighted by Crippen LogP contribution is -2.38. The molecule has 0 saturated heterocycles. The van der Waals surface area contributed by atoms with E-state index in [1.807, 2.05) is 14.0 Å². The van der Waals surface area contributed by atoms with Crippen molar-refractivity contribution >= 4 is 18.3 Å². The highest BCUT2D eigenvalue weighted by atomic mass is 35.5. The van der Waals surface area contributed by atoms with Crippen molar-refractivity contribution in [3.05, 3.63) is 11.7 Å². The molecule has 7 heteroatoms. The molecule has 20 heavy (non-hydrogen) atoms. The van der Waals surface area contributed by atoms with Crippen molar-refractivity contribution in [1.29, 1.82) is 0 Å². The van der Waals surface area contributed by atoms with E-state index in [0.717, 1.165) is 38.1 Å². The van der Waals surface area contributed by atoms with Crippen LogP contribution in [0.3, 0.4) is 0 Å². The summed E-state index contributed by atoms with van der Waals surface area (Å²) in [5.74, 6) is 1.92. The van der Waals surface area contributed by atoms with Crippen LogP contribution in [0.4, 0.5) is 0 Å². The van der Waals surface area contributed by atoms with Crippen molar-refractivity contribution in [3.63, 3.8) is 0 Å². The Morgan fingerprint density at radius 1 is 1.35 bits per heavy atom. The van der Waals surface area contributed by atoms with Gasteiger partial charge in [-0.1, -0.05) is 5.16 Å². The van der Waals surface area contributed by atoms with Gasteiger partial charge in [-0.05, 0) is 39.7 Å². The second-order valence-corrected chi connectivity index (χ2v) is 5.15. The fourth-order valence-electron chi connectivity index (χ4n) is 2.50. The number of amides is 1. The predicted octanol–water partition coefficient (Wildman–Crippen LogP) is 1.55. The Bertz CT molecular complexity index is 416. The molecule has 0 aliphatic heterocycles. The molecule has 6 nitrogen and oxygen atoms in total. The van der Waals surface area contributed by atoms with E-state index >= 15 is 0 Å². The van der Waals surface area contributed by atoms with Crippen LogP contribution in [-0.2, 0) is 4.79 Å². The van der Waals surface area contributed by atoms with Crippen molar-refractivity contribution in [1.82, 2.24) is 20.8 Å². The Morgan fingerprint density at radius 3 is 2.60 bits per heavy atom. The van der Waals surface area contributed by atoms with Crippen LogP contribution in [0.2, 0.25) is 0 Å². The molecule has 1 aromatic rings. The van der Waals surface area contributed by atoms with Crippen LogP contribution in [0.5, 0.6) is 0 Å². The number of nitrogens with one attached hydrogen (secondary N) is 2. The molecule has 0 atom stereocenters. The Balaban J connectivity index is 0.00000200. The van der Waals surface area contributed by atoms with Crippen molar-refractivity contribution in [2.75, 3.05) is 13.6 Å². The number of nitrogens with zero attached hydrogens (tertiary/aromatic N) is 2. The summed E-state index contributed by atoms with van der Waals surface area (Å²) in [4.78, 5) is 15.9. The van der Waals surface area contributed by atoms with E-state index in [9.17, 15) is 4.79 Å². The van der Waals surface area contributed by atoms with Gasteiger partial charge in [0.2, 0.25) is 11.8 Å². The first-order valence-corrected chi connectivity index (χ1v) is 6.93. The molecule has 2 N–H and O–H groups in total. The zero-order valence-corrected chi connectivity index (χ0v) is 12.8. The normalized spacial score (nSPS) is 22.1. The maximum absolute atomic E-state index is 11.6. The summed E-state index contributed by atoms with van der Waals surface area (Å²) >= 11 is 0. The molecule has 2 rings (SSSR count). The first-order chi connectivity index (χ1) is 9.19. The Morgan fingerprint density at radius 2 is 2.05 bits per heavy atom. The molecular weight excluding hydrogens is 280 g/mol. The quantitative estimate of drug-likeness (QED) is 0.862. The van der Waals surface area contributed by atoms with Crippen molar-refractivity contribution in [3.8, 4) is 0 Å². The molecule has 114 valence electrons. The summed E-state index contributed by atoms with van der Waals surface area (Å²) in [6.45, 7) is 2.56. The monoisotopic (exact) mass is 302 g/mol. The Labute approximate surface area is 125 Å². The van der Waals surface area contributed by atoms with Gasteiger partial charge in [-0.25, -0.2) is 0 Å². The zero-order valence-electron chi connectivity index (χ0n) is 12.0. The van der Waals surface area contributed by atoms with Gasteiger partial charge in [0.05, 0.1) is 0 Å². The van der Waals surface area contributed by atoms with Gasteiger partial charge in [-0.3, -0.25) is 4.79 Å². The van der Waals surface area contributed by atoms with E-state index in [1.165, 1.54) is 0 Å². The first-order valence-electron chi connectivity index (χ1n) is 6.93. The maximum Gasteiger partial charge on any atom is 0.229 e. The molecule has 1 aliphatic rings. The first kappa shape index (κ1) is 16.9. The molecule has 1 aliphatic carbocycles. The number of carbonyl (C=O) groups excluding carboxylic acids is 1. The van der Waals surface area contributed by atoms with Crippen molar-refractivity contribution in [2.45, 2.75) is 51.0 Å². The molecule has 1 saturated carbocycles. The lowest BCUT2D eigenvalue weighted by atomic mass is 9.86. The summed E-state index contributed by atoms with van der Waals surface area (Å²) in [5, 5.41) is 9.89. The van der Waals surface area contributed by atoms with E-state index in [0.29, 0.717) is 24.2 Å². The average molecular weight is 303 g/mol. The molecular formula is C13H23ClN4O2. The summed E-state index contributed by atoms with van der Waals surface area (Å²) in [5.41, 5.74) is 0. The van der Waals surface area contributed by atoms with Crippen LogP contribution < -0.4 is 10.6 Å². The highest BCUT2D eigenvalue weighted by molar-refractivity contribution is 5.85. The summed E-state index contributed by atoms with van der Waals surface area (Å²) in [7, 11) is 1.85. The van der Waals surface area contributed by atoms with Gasteiger partial charge in [-0.15, -0.1) is 12.4 Å². The fourth-order valence-corrected chi connectivity index (χ4v) is 2.50. The van der Waals surface area contributed by atoms with Gasteiger partial charge in [-0.2, -0.15) is 4.98 Å². The van der Waals surface area contributed by atoms with E-state index < -0.39 is 0 Å². The summed E-state index contributed by atoms with van der Waals surface area (Å²) in [6, 6.07) is 0.296. The lowest BCUT2D eigenvalue weighted by Gasteiger charge is -2.27. The molecule has 1 aromatic heterocycles. The molecule has 1 amide bonds. The number of aromatic nitrogens is 2. The minimum absolute atomic E-state index is 0. The average Bonchev–Trinajstić information content (AvgIpc) is 2.84. The number of aryl methyl sites for hydroxylation is 1. The van der Waals surface area contributed by atoms with Crippen LogP contribution in [-0.4, -0.2) is 35.7 Å². The SMILES string of the molecule is CNCCC(=O)NC1CCC(c2nc(C)no2)CC1.Cl. The van der Waals surface area contributed by atoms with Gasteiger partial charge in [0.15, 0.2) is 5.82 Å². The minimum Gasteiger partial charge on any atom is -0.353 e. The highest BCUT2D eigenvalue weighted by Gasteiger charge is 2.26. The van der Waals surface area contributed by atoms with Crippen LogP contribution in [0.25, 0.3) is 0 Å². The standard InChI is InChI=1S/C13H22N4O2.ClH/c1-9-15-13(19-17-9)10-3-5-11(6-4-10)16-12(18)7-8-14-2;/h10-11,14H,3-8H2,1-2H3,(H,16,18);1H. The van der Waals surface area contributed by atoms with Crippen LogP contribution >= 0.6 is 12.4 Å². The molecule has 1 fully saturated rings. The minimum atomic E-state index is 0. The predicted molar refractivity (Wildman–Crippen MR) is 78.0 cm³/mol. The lowest BCUT2D eigenvalue weighted by molar-refractivity contribution is -0.121. The smallest absolute Gasteiger partial charge is 0.229 e. The van der Waals surface area contributed by atoms with Crippen LogP contribution in [0, 0.1) is 6.92 Å². The van der Waals surface area contributed by atoms with Crippen LogP contribution in [0.15, 0.2) is 4.52 Å². The van der Waals surface area contributed by atoms with Gasteiger partial charge in [0.1, 0.15) is 0 Å². The van der Waals surface area contributed by atoms with E-state index in [1.54, 1.807) is 0 Å². The fraction of sp³-hybridized carbons (Fsp3) is 0.769.